The summed E-state index contributed by atoms with van der Waals surface area (Å²) in [6.07, 6.45) is 0.750. The van der Waals surface area contributed by atoms with Gasteiger partial charge < -0.3 is 16.7 Å². The molecule has 0 bridgehead atoms. The highest BCUT2D eigenvalue weighted by atomic mass is 16.2. The van der Waals surface area contributed by atoms with E-state index in [-0.39, 0.29) is 11.6 Å². The normalized spacial score (nSPS) is 2.40. The Morgan fingerprint density at radius 3 is 1.60 bits per heavy atom. The average molecular weight is 79.1 g/mol. The van der Waals surface area contributed by atoms with E-state index >= 15 is 0 Å². The zero-order valence-electron chi connectivity index (χ0n) is 3.18. The first-order valence-electron chi connectivity index (χ1n) is 0.666. The summed E-state index contributed by atoms with van der Waals surface area (Å²) in [5, 5.41) is 7.33. The summed E-state index contributed by atoms with van der Waals surface area (Å²) in [7, 11) is 0. The van der Waals surface area contributed by atoms with Crippen LogP contribution in [0.1, 0.15) is 0 Å². The summed E-state index contributed by atoms with van der Waals surface area (Å²) in [6, 6.07) is 0. The number of aliphatic hydroxyl groups is 1. The molecule has 34 valence electrons. The molecule has 3 nitrogen and oxygen atoms in total. The van der Waals surface area contributed by atoms with Gasteiger partial charge >= 0.3 is 0 Å². The lowest BCUT2D eigenvalue weighted by molar-refractivity contribution is 0.476. The largest absolute Gasteiger partial charge is 0.870 e. The smallest absolute Gasteiger partial charge is 0.0719 e. The van der Waals surface area contributed by atoms with Gasteiger partial charge in [0.1, 0.15) is 0 Å². The van der Waals surface area contributed by atoms with Gasteiger partial charge in [-0.1, -0.05) is 6.58 Å². The van der Waals surface area contributed by atoms with Gasteiger partial charge in [-0.3, -0.25) is 0 Å². The molecule has 6 N–H and O–H groups in total. The predicted octanol–water partition coefficient (Wildman–Crippen LogP) is 0.887. The van der Waals surface area contributed by atoms with Gasteiger partial charge in [0.05, 0.1) is 6.26 Å². The van der Waals surface area contributed by atoms with Crippen molar-refractivity contribution in [2.75, 3.05) is 0 Å². The molecule has 0 rings (SSSR count). The van der Waals surface area contributed by atoms with Gasteiger partial charge in [0.15, 0.2) is 0 Å². The minimum atomic E-state index is 0. The van der Waals surface area contributed by atoms with Crippen molar-refractivity contribution in [3.05, 3.63) is 12.8 Å². The molecule has 0 aromatic rings. The molecule has 0 aliphatic carbocycles. The maximum absolute atomic E-state index is 7.33. The van der Waals surface area contributed by atoms with Crippen LogP contribution in [0.2, 0.25) is 0 Å². The number of aliphatic hydroxyl groups excluding tert-OH is 1. The zero-order chi connectivity index (χ0) is 2.71. The second kappa shape index (κ2) is 99.0. The second-order valence-electron chi connectivity index (χ2n) is 0.183. The van der Waals surface area contributed by atoms with Crippen molar-refractivity contribution in [3.8, 4) is 0 Å². The first kappa shape index (κ1) is 25.0. The van der Waals surface area contributed by atoms with Crippen molar-refractivity contribution in [2.24, 2.45) is 0 Å². The highest BCUT2D eigenvalue weighted by molar-refractivity contribution is 4.38. The van der Waals surface area contributed by atoms with Gasteiger partial charge in [0, 0.05) is 0 Å². The third kappa shape index (κ3) is 25.3. The molecule has 0 spiro atoms. The summed E-state index contributed by atoms with van der Waals surface area (Å²) in [5.74, 6) is 0. The number of quaternary nitrogens is 1. The Labute approximate surface area is 30.8 Å². The molecule has 3 heteroatoms. The first-order valence-corrected chi connectivity index (χ1v) is 0.666. The highest BCUT2D eigenvalue weighted by Crippen LogP contribution is 1.26. The van der Waals surface area contributed by atoms with E-state index < -0.39 is 0 Å². The molecule has 0 aromatic heterocycles. The van der Waals surface area contributed by atoms with Crippen molar-refractivity contribution in [1.29, 1.82) is 0 Å². The van der Waals surface area contributed by atoms with E-state index in [2.05, 4.69) is 6.58 Å². The van der Waals surface area contributed by atoms with Crippen LogP contribution in [0.4, 0.5) is 0 Å². The lowest BCUT2D eigenvalue weighted by atomic mass is 11.2. The molecule has 0 heterocycles. The van der Waals surface area contributed by atoms with Crippen molar-refractivity contribution < 1.29 is 10.6 Å². The first-order chi connectivity index (χ1) is 1.41. The lowest BCUT2D eigenvalue weighted by Crippen LogP contribution is -1.25. The van der Waals surface area contributed by atoms with Gasteiger partial charge in [-0.05, 0) is 0 Å². The second-order valence-corrected chi connectivity index (χ2v) is 0.183. The quantitative estimate of drug-likeness (QED) is 0.422. The van der Waals surface area contributed by atoms with E-state index in [0.29, 0.717) is 0 Å². The van der Waals surface area contributed by atoms with Crippen LogP contribution in [0.25, 0.3) is 0 Å². The topological polar surface area (TPSA) is 86.7 Å². The Bertz CT molecular complexity index is 15.1. The van der Waals surface area contributed by atoms with Crippen molar-refractivity contribution in [3.63, 3.8) is 0 Å². The van der Waals surface area contributed by atoms with Gasteiger partial charge in [-0.2, -0.15) is 0 Å². The van der Waals surface area contributed by atoms with Crippen LogP contribution < -0.4 is 6.15 Å². The molecule has 0 saturated carbocycles. The number of hydrogen-bond donors (Lipinski definition) is 2. The number of hydrogen-bond acceptors (Lipinski definition) is 2. The van der Waals surface area contributed by atoms with Crippen LogP contribution in [-0.4, -0.2) is 10.6 Å². The van der Waals surface area contributed by atoms with Crippen LogP contribution in [0.15, 0.2) is 12.8 Å². The van der Waals surface area contributed by atoms with Gasteiger partial charge in [-0.15, -0.1) is 0 Å². The van der Waals surface area contributed by atoms with Crippen LogP contribution in [0.5, 0.6) is 0 Å². The fourth-order valence-electron chi connectivity index (χ4n) is 0. The summed E-state index contributed by atoms with van der Waals surface area (Å²) in [4.78, 5) is 0. The molecule has 0 aliphatic rings. The summed E-state index contributed by atoms with van der Waals surface area (Å²) < 4.78 is 0. The lowest BCUT2D eigenvalue weighted by Gasteiger charge is -1.41. The predicted molar refractivity (Wildman–Crippen MR) is 20.7 cm³/mol. The third-order valence-corrected chi connectivity index (χ3v) is 0. The minimum Gasteiger partial charge on any atom is -0.870 e. The Morgan fingerprint density at radius 1 is 1.60 bits per heavy atom. The summed E-state index contributed by atoms with van der Waals surface area (Å²) in [5.41, 5.74) is 0. The zero-order valence-corrected chi connectivity index (χ0v) is 3.18. The van der Waals surface area contributed by atoms with Crippen LogP contribution >= 0.6 is 0 Å². The maximum atomic E-state index is 7.33. The molecule has 0 unspecified atom stereocenters. The molecule has 0 saturated heterocycles. The fourth-order valence-corrected chi connectivity index (χ4v) is 0. The minimum absolute atomic E-state index is 0. The van der Waals surface area contributed by atoms with Crippen molar-refractivity contribution in [1.82, 2.24) is 6.15 Å². The third-order valence-electron chi connectivity index (χ3n) is 0. The molecule has 0 atom stereocenters. The van der Waals surface area contributed by atoms with Gasteiger partial charge in [-0.25, -0.2) is 0 Å². The van der Waals surface area contributed by atoms with E-state index in [0.717, 1.165) is 6.26 Å². The van der Waals surface area contributed by atoms with E-state index in [1.165, 1.54) is 0 Å². The average Bonchev–Trinajstić information content (AvgIpc) is 0.918. The molecular formula is C2H9NO2. The molecule has 0 aromatic carbocycles. The summed E-state index contributed by atoms with van der Waals surface area (Å²) >= 11 is 0. The van der Waals surface area contributed by atoms with E-state index in [1.807, 2.05) is 0 Å². The number of rotatable bonds is 0. The highest BCUT2D eigenvalue weighted by Gasteiger charge is 1.11. The van der Waals surface area contributed by atoms with E-state index in [9.17, 15) is 0 Å². The van der Waals surface area contributed by atoms with Gasteiger partial charge in [0.25, 0.3) is 0 Å². The van der Waals surface area contributed by atoms with Crippen molar-refractivity contribution >= 4 is 0 Å². The van der Waals surface area contributed by atoms with Crippen LogP contribution in [-0.2, 0) is 0 Å². The maximum Gasteiger partial charge on any atom is 0.0719 e. The molecule has 0 amide bonds. The van der Waals surface area contributed by atoms with Gasteiger partial charge in [0.2, 0.25) is 0 Å². The Kier molecular flexibility index (Phi) is 496. The molecule has 0 fully saturated rings. The Balaban J connectivity index is -0.0000000200. The van der Waals surface area contributed by atoms with Crippen molar-refractivity contribution in [2.45, 2.75) is 0 Å². The Morgan fingerprint density at radius 2 is 1.60 bits per heavy atom. The SMILES string of the molecule is C=CO.[NH4+].[OH-]. The summed E-state index contributed by atoms with van der Waals surface area (Å²) in [6.45, 7) is 2.92. The van der Waals surface area contributed by atoms with Crippen LogP contribution in [0.3, 0.4) is 0 Å². The standard InChI is InChI=1S/C2H4O.H3N.H2O/c1-2-3;;/h2-3H,1H2;1H3;1H2. The molecule has 0 radical (unpaired) electrons. The van der Waals surface area contributed by atoms with E-state index in [1.54, 1.807) is 0 Å². The molecule has 0 aliphatic heterocycles. The fraction of sp³-hybridized carbons (Fsp3) is 0. The van der Waals surface area contributed by atoms with Crippen LogP contribution in [0, 0.1) is 0 Å². The molecule has 5 heavy (non-hydrogen) atoms. The van der Waals surface area contributed by atoms with E-state index in [4.69, 9.17) is 5.11 Å². The molecular weight excluding hydrogens is 70.0 g/mol. The Hall–Kier alpha value is -0.540. The monoisotopic (exact) mass is 79.1 g/mol.